The molecule has 4 heteroatoms. The van der Waals surface area contributed by atoms with Crippen LogP contribution in [0.25, 0.3) is 0 Å². The first-order valence-corrected chi connectivity index (χ1v) is 5.24. The van der Waals surface area contributed by atoms with Crippen LogP contribution in [0.5, 0.6) is 5.75 Å². The Morgan fingerprint density at radius 1 is 1.53 bits per heavy atom. The van der Waals surface area contributed by atoms with Crippen LogP contribution < -0.4 is 5.32 Å². The molecule has 17 heavy (non-hydrogen) atoms. The fourth-order valence-corrected chi connectivity index (χ4v) is 1.23. The summed E-state index contributed by atoms with van der Waals surface area (Å²) >= 11 is 0. The number of methoxy groups -OCH3 is 1. The van der Waals surface area contributed by atoms with Gasteiger partial charge in [0.2, 0.25) is 0 Å². The first-order valence-electron chi connectivity index (χ1n) is 5.24. The summed E-state index contributed by atoms with van der Waals surface area (Å²) in [5.41, 5.74) is 0.819. The van der Waals surface area contributed by atoms with Gasteiger partial charge in [0, 0.05) is 13.0 Å². The lowest BCUT2D eigenvalue weighted by Crippen LogP contribution is -2.05. The van der Waals surface area contributed by atoms with Gasteiger partial charge in [-0.3, -0.25) is 0 Å². The van der Waals surface area contributed by atoms with Crippen LogP contribution in [0, 0.1) is 11.8 Å². The summed E-state index contributed by atoms with van der Waals surface area (Å²) in [6.07, 6.45) is 0.703. The van der Waals surface area contributed by atoms with E-state index in [-0.39, 0.29) is 5.75 Å². The lowest BCUT2D eigenvalue weighted by Gasteiger charge is -2.01. The van der Waals surface area contributed by atoms with Crippen molar-refractivity contribution in [2.24, 2.45) is 0 Å². The predicted molar refractivity (Wildman–Crippen MR) is 64.9 cm³/mol. The highest BCUT2D eigenvalue weighted by Gasteiger charge is 2.07. The molecule has 0 radical (unpaired) electrons. The van der Waals surface area contributed by atoms with E-state index in [4.69, 9.17) is 0 Å². The topological polar surface area (TPSA) is 58.6 Å². The molecule has 0 amide bonds. The van der Waals surface area contributed by atoms with Gasteiger partial charge in [-0.2, -0.15) is 0 Å². The van der Waals surface area contributed by atoms with Gasteiger partial charge in [0.15, 0.2) is 0 Å². The number of phenolic OH excluding ortho intramolecular Hbond substituents is 1. The molecular formula is C13H15NO3. The third-order valence-electron chi connectivity index (χ3n) is 2.14. The summed E-state index contributed by atoms with van der Waals surface area (Å²) in [6, 6.07) is 4.54. The van der Waals surface area contributed by atoms with E-state index in [1.54, 1.807) is 12.1 Å². The highest BCUT2D eigenvalue weighted by molar-refractivity contribution is 5.90. The summed E-state index contributed by atoms with van der Waals surface area (Å²) in [6.45, 7) is 0.800. The summed E-state index contributed by atoms with van der Waals surface area (Å²) in [5.74, 6) is 5.27. The third-order valence-corrected chi connectivity index (χ3v) is 2.14. The largest absolute Gasteiger partial charge is 0.507 e. The number of ether oxygens (including phenoxy) is 1. The van der Waals surface area contributed by atoms with Crippen LogP contribution in [-0.2, 0) is 4.74 Å². The zero-order valence-corrected chi connectivity index (χ0v) is 9.91. The molecule has 0 aromatic heterocycles. The van der Waals surface area contributed by atoms with Crippen molar-refractivity contribution in [2.45, 2.75) is 6.42 Å². The second kappa shape index (κ2) is 6.56. The zero-order chi connectivity index (χ0) is 12.7. The van der Waals surface area contributed by atoms with Crippen molar-refractivity contribution in [2.75, 3.05) is 20.7 Å². The molecule has 0 heterocycles. The highest BCUT2D eigenvalue weighted by atomic mass is 16.5. The fourth-order valence-electron chi connectivity index (χ4n) is 1.23. The third kappa shape index (κ3) is 3.82. The van der Waals surface area contributed by atoms with Gasteiger partial charge in [-0.15, -0.1) is 0 Å². The summed E-state index contributed by atoms with van der Waals surface area (Å²) in [4.78, 5) is 11.2. The number of carbonyl (C=O) groups excluding carboxylic acids is 1. The minimum atomic E-state index is -0.477. The van der Waals surface area contributed by atoms with Crippen LogP contribution in [0.1, 0.15) is 22.3 Å². The van der Waals surface area contributed by atoms with Crippen LogP contribution in [0.15, 0.2) is 18.2 Å². The van der Waals surface area contributed by atoms with Crippen molar-refractivity contribution in [3.63, 3.8) is 0 Å². The smallest absolute Gasteiger partial charge is 0.337 e. The Hall–Kier alpha value is -1.99. The van der Waals surface area contributed by atoms with Crippen molar-refractivity contribution < 1.29 is 14.6 Å². The Bertz CT molecular complexity index is 457. The number of hydrogen-bond donors (Lipinski definition) is 2. The van der Waals surface area contributed by atoms with Gasteiger partial charge in [0.1, 0.15) is 5.75 Å². The molecule has 0 aliphatic rings. The molecule has 0 aliphatic heterocycles. The normalized spacial score (nSPS) is 9.29. The van der Waals surface area contributed by atoms with Crippen LogP contribution in [0.3, 0.4) is 0 Å². The van der Waals surface area contributed by atoms with Crippen molar-refractivity contribution in [3.8, 4) is 17.6 Å². The average molecular weight is 233 g/mol. The molecular weight excluding hydrogens is 218 g/mol. The fraction of sp³-hybridized carbons (Fsp3) is 0.308. The number of benzene rings is 1. The minimum absolute atomic E-state index is 0.00939. The van der Waals surface area contributed by atoms with Gasteiger partial charge in [-0.05, 0) is 25.2 Å². The van der Waals surface area contributed by atoms with E-state index in [2.05, 4.69) is 21.9 Å². The van der Waals surface area contributed by atoms with E-state index in [0.717, 1.165) is 6.54 Å². The number of hydrogen-bond acceptors (Lipinski definition) is 4. The van der Waals surface area contributed by atoms with Crippen LogP contribution in [0.2, 0.25) is 0 Å². The summed E-state index contributed by atoms with van der Waals surface area (Å²) in [7, 11) is 3.15. The van der Waals surface area contributed by atoms with E-state index in [1.807, 2.05) is 7.05 Å². The maximum Gasteiger partial charge on any atom is 0.337 e. The predicted octanol–water partition coefficient (Wildman–Crippen LogP) is 1.14. The van der Waals surface area contributed by atoms with Gasteiger partial charge >= 0.3 is 5.97 Å². The highest BCUT2D eigenvalue weighted by Crippen LogP contribution is 2.18. The number of esters is 1. The number of carbonyl (C=O) groups is 1. The molecule has 0 saturated carbocycles. The van der Waals surface area contributed by atoms with E-state index >= 15 is 0 Å². The Morgan fingerprint density at radius 2 is 2.29 bits per heavy atom. The minimum Gasteiger partial charge on any atom is -0.507 e. The lowest BCUT2D eigenvalue weighted by atomic mass is 10.1. The Balaban J connectivity index is 2.82. The van der Waals surface area contributed by atoms with Gasteiger partial charge in [0.05, 0.1) is 18.2 Å². The molecule has 1 rings (SSSR count). The molecule has 0 saturated heterocycles. The molecule has 1 aromatic rings. The second-order valence-corrected chi connectivity index (χ2v) is 3.38. The molecule has 0 fully saturated rings. The van der Waals surface area contributed by atoms with Crippen molar-refractivity contribution in [3.05, 3.63) is 29.3 Å². The molecule has 0 aliphatic carbocycles. The second-order valence-electron chi connectivity index (χ2n) is 3.38. The molecule has 4 nitrogen and oxygen atoms in total. The number of phenols is 1. The van der Waals surface area contributed by atoms with Crippen molar-refractivity contribution >= 4 is 5.97 Å². The molecule has 0 spiro atoms. The van der Waals surface area contributed by atoms with E-state index in [1.165, 1.54) is 13.2 Å². The summed E-state index contributed by atoms with van der Waals surface area (Å²) < 4.78 is 4.55. The molecule has 1 aromatic carbocycles. The van der Waals surface area contributed by atoms with Gasteiger partial charge in [0.25, 0.3) is 0 Å². The Labute approximate surface area is 101 Å². The Kier molecular flexibility index (Phi) is 5.05. The number of nitrogens with one attached hydrogen (secondary N) is 1. The van der Waals surface area contributed by atoms with Crippen molar-refractivity contribution in [1.29, 1.82) is 0 Å². The van der Waals surface area contributed by atoms with Gasteiger partial charge in [-0.1, -0.05) is 11.8 Å². The monoisotopic (exact) mass is 233 g/mol. The molecule has 2 N–H and O–H groups in total. The molecule has 0 atom stereocenters. The first-order chi connectivity index (χ1) is 8.19. The SMILES string of the molecule is CNCCC#Cc1ccc(C(=O)OC)cc1O. The molecule has 90 valence electrons. The first kappa shape index (κ1) is 13.1. The zero-order valence-electron chi connectivity index (χ0n) is 9.91. The quantitative estimate of drug-likeness (QED) is 0.467. The maximum absolute atomic E-state index is 11.2. The van der Waals surface area contributed by atoms with Crippen LogP contribution in [-0.4, -0.2) is 31.8 Å². The molecule has 0 unspecified atom stereocenters. The Morgan fingerprint density at radius 3 is 2.88 bits per heavy atom. The maximum atomic E-state index is 11.2. The van der Waals surface area contributed by atoms with E-state index < -0.39 is 5.97 Å². The summed E-state index contributed by atoms with van der Waals surface area (Å²) in [5, 5.41) is 12.6. The standard InChI is InChI=1S/C13H15NO3/c1-14-8-4-3-5-10-6-7-11(9-12(10)15)13(16)17-2/h6-7,9,14-15H,4,8H2,1-2H3. The van der Waals surface area contributed by atoms with Crippen molar-refractivity contribution in [1.82, 2.24) is 5.32 Å². The van der Waals surface area contributed by atoms with E-state index in [9.17, 15) is 9.90 Å². The molecule has 0 bridgehead atoms. The van der Waals surface area contributed by atoms with Crippen LogP contribution >= 0.6 is 0 Å². The average Bonchev–Trinajstić information content (AvgIpc) is 2.35. The number of aromatic hydroxyl groups is 1. The number of rotatable bonds is 3. The van der Waals surface area contributed by atoms with Gasteiger partial charge < -0.3 is 15.2 Å². The van der Waals surface area contributed by atoms with E-state index in [0.29, 0.717) is 17.5 Å². The van der Waals surface area contributed by atoms with Crippen LogP contribution in [0.4, 0.5) is 0 Å². The lowest BCUT2D eigenvalue weighted by molar-refractivity contribution is 0.0600. The van der Waals surface area contributed by atoms with Gasteiger partial charge in [-0.25, -0.2) is 4.79 Å².